The molecular weight excluding hydrogens is 448 g/mol. The van der Waals surface area contributed by atoms with Crippen molar-refractivity contribution in [3.8, 4) is 0 Å². The van der Waals surface area contributed by atoms with E-state index in [-0.39, 0.29) is 53.2 Å². The summed E-state index contributed by atoms with van der Waals surface area (Å²) in [4.78, 5) is 13.4. The molecule has 7 nitrogen and oxygen atoms in total. The number of carbonyl (C=O) groups excluding carboxylic acids is 1. The van der Waals surface area contributed by atoms with Crippen molar-refractivity contribution in [1.29, 1.82) is 0 Å². The summed E-state index contributed by atoms with van der Waals surface area (Å²) in [5.41, 5.74) is -5.08. The number of epoxide rings is 1. The molecule has 0 aromatic heterocycles. The Morgan fingerprint density at radius 3 is 2.49 bits per heavy atom. The molecule has 7 rings (SSSR count). The number of aliphatic hydroxyl groups is 3. The predicted octanol–water partition coefficient (Wildman–Crippen LogP) is 2.50. The highest BCUT2D eigenvalue weighted by molar-refractivity contribution is 5.97. The van der Waals surface area contributed by atoms with Gasteiger partial charge in [0.2, 0.25) is 0 Å². The van der Waals surface area contributed by atoms with Crippen LogP contribution in [0.1, 0.15) is 73.1 Å². The van der Waals surface area contributed by atoms with Gasteiger partial charge in [0, 0.05) is 17.8 Å². The van der Waals surface area contributed by atoms with E-state index in [1.54, 1.807) is 13.0 Å². The second kappa shape index (κ2) is 6.41. The minimum atomic E-state index is -1.51. The average molecular weight is 489 g/mol. The summed E-state index contributed by atoms with van der Waals surface area (Å²) in [6, 6.07) is 0. The molecular formula is C28H40O7. The Hall–Kier alpha value is -0.830. The summed E-state index contributed by atoms with van der Waals surface area (Å²) in [6.07, 6.45) is 6.26. The predicted molar refractivity (Wildman–Crippen MR) is 125 cm³/mol. The summed E-state index contributed by atoms with van der Waals surface area (Å²) in [6.45, 7) is 10.1. The van der Waals surface area contributed by atoms with Gasteiger partial charge in [0.15, 0.2) is 12.1 Å². The number of allylic oxidation sites excluding steroid dienone is 1. The minimum Gasteiger partial charge on any atom is -0.386 e. The van der Waals surface area contributed by atoms with Gasteiger partial charge >= 0.3 is 0 Å². The van der Waals surface area contributed by atoms with Crippen molar-refractivity contribution in [3.05, 3.63) is 12.2 Å². The lowest BCUT2D eigenvalue weighted by Crippen LogP contribution is -2.76. The van der Waals surface area contributed by atoms with Crippen molar-refractivity contribution in [1.82, 2.24) is 0 Å². The molecule has 3 saturated carbocycles. The Labute approximate surface area is 207 Å². The van der Waals surface area contributed by atoms with Crippen LogP contribution in [0.5, 0.6) is 0 Å². The first-order valence-electron chi connectivity index (χ1n) is 13.6. The van der Waals surface area contributed by atoms with Crippen molar-refractivity contribution >= 4 is 5.78 Å². The molecule has 14 atom stereocenters. The zero-order valence-corrected chi connectivity index (χ0v) is 21.5. The quantitative estimate of drug-likeness (QED) is 0.450. The van der Waals surface area contributed by atoms with Gasteiger partial charge in [-0.05, 0) is 76.7 Å². The molecule has 3 saturated heterocycles. The number of rotatable bonds is 0. The van der Waals surface area contributed by atoms with Crippen molar-refractivity contribution in [2.24, 2.45) is 34.5 Å². The second-order valence-electron chi connectivity index (χ2n) is 13.8. The van der Waals surface area contributed by atoms with E-state index in [0.717, 1.165) is 25.7 Å². The van der Waals surface area contributed by atoms with Crippen LogP contribution in [0.3, 0.4) is 0 Å². The minimum absolute atomic E-state index is 0.0210. The van der Waals surface area contributed by atoms with Crippen LogP contribution in [0, 0.1) is 34.5 Å². The van der Waals surface area contributed by atoms with Crippen molar-refractivity contribution in [3.63, 3.8) is 0 Å². The molecule has 35 heavy (non-hydrogen) atoms. The number of hydrogen-bond donors (Lipinski definition) is 3. The van der Waals surface area contributed by atoms with E-state index in [1.807, 2.05) is 19.9 Å². The first-order chi connectivity index (χ1) is 16.3. The highest BCUT2D eigenvalue weighted by atomic mass is 16.6. The third-order valence-corrected chi connectivity index (χ3v) is 12.9. The monoisotopic (exact) mass is 488 g/mol. The molecule has 3 heterocycles. The molecule has 0 unspecified atom stereocenters. The zero-order valence-electron chi connectivity index (χ0n) is 21.5. The van der Waals surface area contributed by atoms with Gasteiger partial charge in [0.1, 0.15) is 22.9 Å². The van der Waals surface area contributed by atoms with E-state index in [2.05, 4.69) is 13.8 Å². The molecule has 0 amide bonds. The fourth-order valence-corrected chi connectivity index (χ4v) is 10.4. The van der Waals surface area contributed by atoms with E-state index < -0.39 is 34.1 Å². The summed E-state index contributed by atoms with van der Waals surface area (Å²) in [5.74, 6) is 0.637. The van der Waals surface area contributed by atoms with E-state index in [1.165, 1.54) is 0 Å². The molecule has 6 fully saturated rings. The summed E-state index contributed by atoms with van der Waals surface area (Å²) >= 11 is 0. The van der Waals surface area contributed by atoms with E-state index in [9.17, 15) is 20.1 Å². The van der Waals surface area contributed by atoms with Crippen LogP contribution in [0.2, 0.25) is 0 Å². The number of carbonyl (C=O) groups is 1. The highest BCUT2D eigenvalue weighted by Crippen LogP contribution is 2.74. The van der Waals surface area contributed by atoms with Gasteiger partial charge in [-0.25, -0.2) is 0 Å². The molecule has 7 aliphatic rings. The lowest BCUT2D eigenvalue weighted by Gasteiger charge is -2.67. The molecule has 3 N–H and O–H groups in total. The third kappa shape index (κ3) is 2.31. The Morgan fingerprint density at radius 2 is 1.74 bits per heavy atom. The van der Waals surface area contributed by atoms with Gasteiger partial charge in [-0.2, -0.15) is 0 Å². The summed E-state index contributed by atoms with van der Waals surface area (Å²) in [5, 5.41) is 33.7. The summed E-state index contributed by atoms with van der Waals surface area (Å²) in [7, 11) is 0. The molecule has 2 bridgehead atoms. The standard InChI is InChI=1S/C28H40O7/c1-14-17-13-24(3,26(5,31)22(30)33-17)35-28(14)12-9-15-19-16(8-11-23(15,28)2)25(4)18(29)7-6-10-27(25,32)21-20(19)34-21/h6-7,14-17,19-22,30-32H,8-13H2,1-5H3/t14-,15+,16+,17-,19+,20+,21+,22-,23+,24-,25+,26-,27+,28+/m1/s1. The fourth-order valence-electron chi connectivity index (χ4n) is 10.4. The van der Waals surface area contributed by atoms with Crippen LogP contribution in [0.15, 0.2) is 12.2 Å². The maximum atomic E-state index is 13.4. The van der Waals surface area contributed by atoms with Crippen LogP contribution in [-0.2, 0) is 19.0 Å². The molecule has 0 aromatic carbocycles. The lowest BCUT2D eigenvalue weighted by atomic mass is 9.43. The highest BCUT2D eigenvalue weighted by Gasteiger charge is 2.80. The van der Waals surface area contributed by atoms with E-state index in [0.29, 0.717) is 12.8 Å². The first-order valence-corrected chi connectivity index (χ1v) is 13.6. The topological polar surface area (TPSA) is 109 Å². The molecule has 4 aliphatic carbocycles. The lowest BCUT2D eigenvalue weighted by molar-refractivity contribution is -0.406. The molecule has 194 valence electrons. The Kier molecular flexibility index (Phi) is 4.27. The van der Waals surface area contributed by atoms with Gasteiger partial charge in [-0.1, -0.05) is 19.9 Å². The van der Waals surface area contributed by atoms with Gasteiger partial charge < -0.3 is 29.5 Å². The Balaban J connectivity index is 1.30. The normalized spacial score (nSPS) is 66.5. The fraction of sp³-hybridized carbons (Fsp3) is 0.893. The smallest absolute Gasteiger partial charge is 0.186 e. The first kappa shape index (κ1) is 23.3. The largest absolute Gasteiger partial charge is 0.386 e. The van der Waals surface area contributed by atoms with E-state index >= 15 is 0 Å². The third-order valence-electron chi connectivity index (χ3n) is 12.9. The van der Waals surface area contributed by atoms with Gasteiger partial charge in [-0.3, -0.25) is 4.79 Å². The van der Waals surface area contributed by atoms with Crippen molar-refractivity contribution < 1.29 is 34.3 Å². The SMILES string of the molecule is C[C@@H]1[C@H]2C[C@@](C)(O[C@@]13CC[C@H]1[C@@H]4[C@@H]5O[C@@H]5[C@@]5(O)CC=CC(=O)[C@]5(C)[C@H]4CC[C@@]13C)[C@](C)(O)[C@H](O)O2. The van der Waals surface area contributed by atoms with Crippen molar-refractivity contribution in [2.75, 3.05) is 0 Å². The molecule has 1 spiro atoms. The summed E-state index contributed by atoms with van der Waals surface area (Å²) < 4.78 is 19.4. The Bertz CT molecular complexity index is 1020. The molecule has 0 aromatic rings. The number of fused-ring (bicyclic) bond motifs is 11. The van der Waals surface area contributed by atoms with Gasteiger partial charge in [0.05, 0.1) is 23.2 Å². The average Bonchev–Trinajstić information content (AvgIpc) is 3.54. The number of aliphatic hydroxyl groups excluding tert-OH is 1. The van der Waals surface area contributed by atoms with Crippen LogP contribution < -0.4 is 0 Å². The maximum absolute atomic E-state index is 13.4. The maximum Gasteiger partial charge on any atom is 0.186 e. The number of ketones is 1. The van der Waals surface area contributed by atoms with Crippen LogP contribution in [-0.4, -0.2) is 68.1 Å². The van der Waals surface area contributed by atoms with Crippen molar-refractivity contribution in [2.45, 2.75) is 120 Å². The molecule has 0 radical (unpaired) electrons. The van der Waals surface area contributed by atoms with Crippen LogP contribution in [0.25, 0.3) is 0 Å². The zero-order chi connectivity index (χ0) is 25.0. The number of ether oxygens (including phenoxy) is 3. The van der Waals surface area contributed by atoms with Gasteiger partial charge in [-0.15, -0.1) is 0 Å². The van der Waals surface area contributed by atoms with Gasteiger partial charge in [0.25, 0.3) is 0 Å². The number of hydrogen-bond acceptors (Lipinski definition) is 7. The van der Waals surface area contributed by atoms with E-state index in [4.69, 9.17) is 14.2 Å². The van der Waals surface area contributed by atoms with Crippen LogP contribution >= 0.6 is 0 Å². The second-order valence-corrected chi connectivity index (χ2v) is 13.8. The Morgan fingerprint density at radius 1 is 1.03 bits per heavy atom. The molecule has 7 heteroatoms. The molecule has 3 aliphatic heterocycles. The van der Waals surface area contributed by atoms with Crippen LogP contribution in [0.4, 0.5) is 0 Å².